The van der Waals surface area contributed by atoms with Crippen molar-refractivity contribution in [3.05, 3.63) is 22.4 Å². The number of hydrogen-bond donors (Lipinski definition) is 1. The zero-order valence-corrected chi connectivity index (χ0v) is 13.5. The highest BCUT2D eigenvalue weighted by Gasteiger charge is 2.46. The number of likely N-dealkylation sites (tertiary alicyclic amines) is 1. The van der Waals surface area contributed by atoms with Gasteiger partial charge in [-0.05, 0) is 44.6 Å². The molecule has 1 saturated heterocycles. The van der Waals surface area contributed by atoms with E-state index in [9.17, 15) is 0 Å². The van der Waals surface area contributed by atoms with Crippen LogP contribution in [-0.2, 0) is 6.54 Å². The summed E-state index contributed by atoms with van der Waals surface area (Å²) in [6.07, 6.45) is 4.02. The molecule has 2 fully saturated rings. The van der Waals surface area contributed by atoms with Gasteiger partial charge in [-0.3, -0.25) is 9.80 Å². The average molecular weight is 293 g/mol. The van der Waals surface area contributed by atoms with Crippen LogP contribution in [0.25, 0.3) is 0 Å². The summed E-state index contributed by atoms with van der Waals surface area (Å²) in [5, 5.41) is 2.17. The van der Waals surface area contributed by atoms with Crippen LogP contribution in [0.1, 0.15) is 38.0 Å². The molecule has 1 unspecified atom stereocenters. The third-order valence-electron chi connectivity index (χ3n) is 4.94. The van der Waals surface area contributed by atoms with Crippen LogP contribution in [0, 0.1) is 0 Å². The van der Waals surface area contributed by atoms with Gasteiger partial charge in [-0.15, -0.1) is 11.3 Å². The summed E-state index contributed by atoms with van der Waals surface area (Å²) in [7, 11) is 0. The molecule has 3 nitrogen and oxygen atoms in total. The first kappa shape index (κ1) is 14.5. The number of thiophene rings is 1. The molecule has 1 aromatic heterocycles. The van der Waals surface area contributed by atoms with Gasteiger partial charge >= 0.3 is 0 Å². The lowest BCUT2D eigenvalue weighted by Crippen LogP contribution is -2.57. The Labute approximate surface area is 126 Å². The van der Waals surface area contributed by atoms with Crippen molar-refractivity contribution in [3.8, 4) is 0 Å². The third-order valence-corrected chi connectivity index (χ3v) is 5.81. The van der Waals surface area contributed by atoms with Crippen molar-refractivity contribution in [1.82, 2.24) is 9.80 Å². The lowest BCUT2D eigenvalue weighted by atomic mass is 9.94. The molecule has 3 rings (SSSR count). The minimum Gasteiger partial charge on any atom is -0.329 e. The quantitative estimate of drug-likeness (QED) is 0.875. The summed E-state index contributed by atoms with van der Waals surface area (Å²) >= 11 is 1.86. The first-order valence-corrected chi connectivity index (χ1v) is 8.76. The number of hydrogen-bond acceptors (Lipinski definition) is 4. The Kier molecular flexibility index (Phi) is 4.18. The molecule has 112 valence electrons. The second-order valence-corrected chi connectivity index (χ2v) is 7.71. The molecule has 0 aromatic carbocycles. The topological polar surface area (TPSA) is 32.5 Å². The summed E-state index contributed by atoms with van der Waals surface area (Å²) in [5.74, 6) is 0. The van der Waals surface area contributed by atoms with Crippen molar-refractivity contribution >= 4 is 11.3 Å². The minimum absolute atomic E-state index is 0.181. The fourth-order valence-corrected chi connectivity index (χ4v) is 4.33. The SMILES string of the molecule is CC(C)N(Cc1cccs1)C1(CN)CCN(C2CC2)C1. The molecule has 1 atom stereocenters. The maximum atomic E-state index is 6.25. The van der Waals surface area contributed by atoms with Gasteiger partial charge in [-0.1, -0.05) is 6.07 Å². The van der Waals surface area contributed by atoms with Crippen LogP contribution in [-0.4, -0.2) is 47.1 Å². The van der Waals surface area contributed by atoms with Crippen molar-refractivity contribution in [2.75, 3.05) is 19.6 Å². The van der Waals surface area contributed by atoms with Crippen LogP contribution in [0.2, 0.25) is 0 Å². The standard InChI is InChI=1S/C16H27N3S/c1-13(2)19(10-15-4-3-9-20-15)16(11-17)7-8-18(12-16)14-5-6-14/h3-4,9,13-14H,5-8,10-12,17H2,1-2H3. The predicted molar refractivity (Wildman–Crippen MR) is 86.0 cm³/mol. The van der Waals surface area contributed by atoms with E-state index in [4.69, 9.17) is 5.73 Å². The van der Waals surface area contributed by atoms with Gasteiger partial charge in [0.2, 0.25) is 0 Å². The maximum absolute atomic E-state index is 6.25. The molecule has 4 heteroatoms. The van der Waals surface area contributed by atoms with E-state index in [1.807, 2.05) is 11.3 Å². The Bertz CT molecular complexity index is 427. The van der Waals surface area contributed by atoms with Crippen LogP contribution in [0.5, 0.6) is 0 Å². The molecule has 0 amide bonds. The molecule has 1 aliphatic carbocycles. The van der Waals surface area contributed by atoms with Crippen molar-refractivity contribution in [2.45, 2.75) is 57.3 Å². The molecule has 1 aliphatic heterocycles. The molecule has 1 aromatic rings. The fraction of sp³-hybridized carbons (Fsp3) is 0.750. The van der Waals surface area contributed by atoms with E-state index in [1.54, 1.807) is 0 Å². The summed E-state index contributed by atoms with van der Waals surface area (Å²) in [4.78, 5) is 6.79. The van der Waals surface area contributed by atoms with E-state index in [2.05, 4.69) is 41.2 Å². The van der Waals surface area contributed by atoms with E-state index in [0.29, 0.717) is 6.04 Å². The minimum atomic E-state index is 0.181. The first-order valence-electron chi connectivity index (χ1n) is 7.88. The van der Waals surface area contributed by atoms with Crippen molar-refractivity contribution in [3.63, 3.8) is 0 Å². The van der Waals surface area contributed by atoms with E-state index in [1.165, 1.54) is 30.7 Å². The molecule has 0 radical (unpaired) electrons. The second kappa shape index (κ2) is 5.76. The van der Waals surface area contributed by atoms with Gasteiger partial charge in [0, 0.05) is 48.7 Å². The molecule has 1 saturated carbocycles. The highest BCUT2D eigenvalue weighted by atomic mass is 32.1. The van der Waals surface area contributed by atoms with Gasteiger partial charge in [0.05, 0.1) is 0 Å². The predicted octanol–water partition coefficient (Wildman–Crippen LogP) is 2.52. The number of nitrogens with zero attached hydrogens (tertiary/aromatic N) is 2. The Morgan fingerprint density at radius 3 is 2.85 bits per heavy atom. The Morgan fingerprint density at radius 2 is 2.30 bits per heavy atom. The lowest BCUT2D eigenvalue weighted by molar-refractivity contribution is 0.0587. The van der Waals surface area contributed by atoms with E-state index < -0.39 is 0 Å². The zero-order valence-electron chi connectivity index (χ0n) is 12.7. The summed E-state index contributed by atoms with van der Waals surface area (Å²) in [6, 6.07) is 5.80. The number of nitrogens with two attached hydrogens (primary N) is 1. The highest BCUT2D eigenvalue weighted by Crippen LogP contribution is 2.37. The van der Waals surface area contributed by atoms with Crippen LogP contribution in [0.3, 0.4) is 0 Å². The normalized spacial score (nSPS) is 27.9. The molecule has 2 heterocycles. The smallest absolute Gasteiger partial charge is 0.0477 e. The lowest BCUT2D eigenvalue weighted by Gasteiger charge is -2.43. The molecular formula is C16H27N3S. The molecule has 20 heavy (non-hydrogen) atoms. The highest BCUT2D eigenvalue weighted by molar-refractivity contribution is 7.09. The van der Waals surface area contributed by atoms with Crippen LogP contribution < -0.4 is 5.73 Å². The number of rotatable bonds is 6. The van der Waals surface area contributed by atoms with Gasteiger partial charge in [0.25, 0.3) is 0 Å². The average Bonchev–Trinajstić information content (AvgIpc) is 3.00. The summed E-state index contributed by atoms with van der Waals surface area (Å²) < 4.78 is 0. The third kappa shape index (κ3) is 2.80. The van der Waals surface area contributed by atoms with E-state index >= 15 is 0 Å². The molecule has 2 N–H and O–H groups in total. The molecular weight excluding hydrogens is 266 g/mol. The maximum Gasteiger partial charge on any atom is 0.0477 e. The molecule has 2 aliphatic rings. The van der Waals surface area contributed by atoms with Gasteiger partial charge in [-0.25, -0.2) is 0 Å². The second-order valence-electron chi connectivity index (χ2n) is 6.68. The van der Waals surface area contributed by atoms with E-state index in [0.717, 1.165) is 25.7 Å². The van der Waals surface area contributed by atoms with Gasteiger partial charge in [0.15, 0.2) is 0 Å². The first-order chi connectivity index (χ1) is 9.64. The van der Waals surface area contributed by atoms with Crippen molar-refractivity contribution < 1.29 is 0 Å². The van der Waals surface area contributed by atoms with Gasteiger partial charge < -0.3 is 5.73 Å². The van der Waals surface area contributed by atoms with Crippen LogP contribution in [0.4, 0.5) is 0 Å². The monoisotopic (exact) mass is 293 g/mol. The molecule has 0 spiro atoms. The van der Waals surface area contributed by atoms with Crippen LogP contribution >= 0.6 is 11.3 Å². The summed E-state index contributed by atoms with van der Waals surface area (Å²) in [6.45, 7) is 8.84. The Hall–Kier alpha value is -0.420. The summed E-state index contributed by atoms with van der Waals surface area (Å²) in [5.41, 5.74) is 6.44. The van der Waals surface area contributed by atoms with Crippen LogP contribution in [0.15, 0.2) is 17.5 Å². The Balaban J connectivity index is 1.76. The van der Waals surface area contributed by atoms with E-state index in [-0.39, 0.29) is 5.54 Å². The Morgan fingerprint density at radius 1 is 1.50 bits per heavy atom. The zero-order chi connectivity index (χ0) is 14.2. The van der Waals surface area contributed by atoms with Gasteiger partial charge in [0.1, 0.15) is 0 Å². The van der Waals surface area contributed by atoms with Gasteiger partial charge in [-0.2, -0.15) is 0 Å². The fourth-order valence-electron chi connectivity index (χ4n) is 3.63. The van der Waals surface area contributed by atoms with Crippen molar-refractivity contribution in [1.29, 1.82) is 0 Å². The molecule has 0 bridgehead atoms. The van der Waals surface area contributed by atoms with Crippen molar-refractivity contribution in [2.24, 2.45) is 5.73 Å². The largest absolute Gasteiger partial charge is 0.329 e.